The molecule has 0 aromatic heterocycles. The minimum absolute atomic E-state index is 0.198. The predicted molar refractivity (Wildman–Crippen MR) is 84.8 cm³/mol. The number of nitrogens with zero attached hydrogens (tertiary/aromatic N) is 1. The lowest BCUT2D eigenvalue weighted by Crippen LogP contribution is -2.48. The van der Waals surface area contributed by atoms with Gasteiger partial charge in [-0.1, -0.05) is 6.07 Å². The van der Waals surface area contributed by atoms with Crippen molar-refractivity contribution in [3.05, 3.63) is 23.8 Å². The minimum Gasteiger partial charge on any atom is -0.493 e. The summed E-state index contributed by atoms with van der Waals surface area (Å²) < 4.78 is 16.7. The second kappa shape index (κ2) is 4.87. The van der Waals surface area contributed by atoms with Crippen LogP contribution in [0.5, 0.6) is 11.5 Å². The Balaban J connectivity index is 1.73. The molecule has 0 amide bonds. The van der Waals surface area contributed by atoms with Crippen molar-refractivity contribution in [2.45, 2.75) is 42.7 Å². The minimum atomic E-state index is 0.198. The van der Waals surface area contributed by atoms with E-state index in [0.717, 1.165) is 31.1 Å². The quantitative estimate of drug-likeness (QED) is 0.804. The van der Waals surface area contributed by atoms with Crippen molar-refractivity contribution >= 4 is 0 Å². The molecule has 3 atom stereocenters. The number of likely N-dealkylation sites (tertiary alicyclic amines) is 1. The first kappa shape index (κ1) is 14.3. The second-order valence-electron chi connectivity index (χ2n) is 7.15. The number of hydrogen-bond donors (Lipinski definition) is 0. The number of likely N-dealkylation sites (N-methyl/N-ethyl adjacent to an activating group) is 1. The normalized spacial score (nSPS) is 37.1. The summed E-state index contributed by atoms with van der Waals surface area (Å²) in [6.45, 7) is 2.12. The van der Waals surface area contributed by atoms with Crippen LogP contribution in [0, 0.1) is 0 Å². The molecular formula is C18H25NO3. The highest BCUT2D eigenvalue weighted by Crippen LogP contribution is 2.55. The zero-order valence-electron chi connectivity index (χ0n) is 13.7. The Bertz CT molecular complexity index is 584. The van der Waals surface area contributed by atoms with Crippen molar-refractivity contribution in [3.63, 3.8) is 0 Å². The van der Waals surface area contributed by atoms with Crippen LogP contribution in [0.4, 0.5) is 0 Å². The Labute approximate surface area is 132 Å². The van der Waals surface area contributed by atoms with Gasteiger partial charge in [-0.3, -0.25) is 0 Å². The molecule has 3 fully saturated rings. The Morgan fingerprint density at radius 1 is 1.14 bits per heavy atom. The molecular weight excluding hydrogens is 278 g/mol. The van der Waals surface area contributed by atoms with E-state index in [-0.39, 0.29) is 11.0 Å². The number of hydrogen-bond acceptors (Lipinski definition) is 4. The van der Waals surface area contributed by atoms with Crippen LogP contribution in [0.1, 0.15) is 31.2 Å². The summed E-state index contributed by atoms with van der Waals surface area (Å²) in [6.07, 6.45) is 4.78. The van der Waals surface area contributed by atoms with Gasteiger partial charge in [0.2, 0.25) is 0 Å². The SMILES string of the molecule is COc1ccc([C@]23CCN(C)[C@H]2CC2(CC3)CO2)cc1OC. The average molecular weight is 303 g/mol. The lowest BCUT2D eigenvalue weighted by Gasteiger charge is -2.44. The van der Waals surface area contributed by atoms with E-state index in [1.807, 2.05) is 0 Å². The van der Waals surface area contributed by atoms with Crippen molar-refractivity contribution < 1.29 is 14.2 Å². The summed E-state index contributed by atoms with van der Waals surface area (Å²) in [6, 6.07) is 7.05. The second-order valence-corrected chi connectivity index (χ2v) is 7.15. The fourth-order valence-corrected chi connectivity index (χ4v) is 4.66. The lowest BCUT2D eigenvalue weighted by molar-refractivity contribution is 0.111. The van der Waals surface area contributed by atoms with Crippen LogP contribution in [0.3, 0.4) is 0 Å². The first-order valence-electron chi connectivity index (χ1n) is 8.19. The maximum atomic E-state index is 5.78. The van der Waals surface area contributed by atoms with Gasteiger partial charge in [0.25, 0.3) is 0 Å². The Hall–Kier alpha value is -1.26. The highest BCUT2D eigenvalue weighted by atomic mass is 16.6. The zero-order chi connectivity index (χ0) is 15.4. The standard InChI is InChI=1S/C18H25NO3/c1-19-9-8-18(7-6-17(12-22-17)11-16(18)19)13-4-5-14(20-2)15(10-13)21-3/h4-5,10,16H,6-9,11-12H2,1-3H3/t16-,17?,18-/m0/s1. The summed E-state index contributed by atoms with van der Waals surface area (Å²) in [7, 11) is 5.66. The summed E-state index contributed by atoms with van der Waals surface area (Å²) in [5, 5.41) is 0. The molecule has 1 spiro atoms. The monoisotopic (exact) mass is 303 g/mol. The van der Waals surface area contributed by atoms with Gasteiger partial charge in [-0.15, -0.1) is 0 Å². The Kier molecular flexibility index (Phi) is 3.17. The molecule has 2 heterocycles. The third-order valence-electron chi connectivity index (χ3n) is 6.18. The van der Waals surface area contributed by atoms with Crippen LogP contribution >= 0.6 is 0 Å². The molecule has 1 aliphatic carbocycles. The van der Waals surface area contributed by atoms with Gasteiger partial charge in [-0.2, -0.15) is 0 Å². The molecule has 2 aliphatic heterocycles. The molecule has 4 heteroatoms. The van der Waals surface area contributed by atoms with Crippen molar-refractivity contribution in [2.75, 3.05) is 34.4 Å². The number of fused-ring (bicyclic) bond motifs is 1. The first-order valence-corrected chi connectivity index (χ1v) is 8.19. The van der Waals surface area contributed by atoms with Gasteiger partial charge in [-0.05, 0) is 57.0 Å². The third-order valence-corrected chi connectivity index (χ3v) is 6.18. The maximum Gasteiger partial charge on any atom is 0.161 e. The van der Waals surface area contributed by atoms with Crippen LogP contribution in [-0.4, -0.2) is 51.0 Å². The number of epoxide rings is 1. The molecule has 1 aromatic rings. The summed E-state index contributed by atoms with van der Waals surface area (Å²) in [5.41, 5.74) is 1.84. The summed E-state index contributed by atoms with van der Waals surface area (Å²) in [4.78, 5) is 2.53. The number of ether oxygens (including phenoxy) is 3. The largest absolute Gasteiger partial charge is 0.493 e. The van der Waals surface area contributed by atoms with Crippen molar-refractivity contribution in [2.24, 2.45) is 0 Å². The molecule has 1 unspecified atom stereocenters. The van der Waals surface area contributed by atoms with Gasteiger partial charge < -0.3 is 19.1 Å². The van der Waals surface area contributed by atoms with E-state index < -0.39 is 0 Å². The highest BCUT2D eigenvalue weighted by molar-refractivity contribution is 5.46. The van der Waals surface area contributed by atoms with Crippen molar-refractivity contribution in [3.8, 4) is 11.5 Å². The Morgan fingerprint density at radius 3 is 2.59 bits per heavy atom. The molecule has 0 bridgehead atoms. The predicted octanol–water partition coefficient (Wildman–Crippen LogP) is 2.60. The zero-order valence-corrected chi connectivity index (χ0v) is 13.7. The van der Waals surface area contributed by atoms with Gasteiger partial charge in [0.1, 0.15) is 0 Å². The fourth-order valence-electron chi connectivity index (χ4n) is 4.66. The van der Waals surface area contributed by atoms with Crippen LogP contribution in [0.25, 0.3) is 0 Å². The lowest BCUT2D eigenvalue weighted by atomic mass is 9.63. The fraction of sp³-hybridized carbons (Fsp3) is 0.667. The summed E-state index contributed by atoms with van der Waals surface area (Å²) in [5.74, 6) is 1.65. The summed E-state index contributed by atoms with van der Waals surface area (Å²) >= 11 is 0. The molecule has 1 aromatic carbocycles. The van der Waals surface area contributed by atoms with Crippen molar-refractivity contribution in [1.29, 1.82) is 0 Å². The molecule has 4 rings (SSSR count). The highest BCUT2D eigenvalue weighted by Gasteiger charge is 2.59. The van der Waals surface area contributed by atoms with E-state index >= 15 is 0 Å². The average Bonchev–Trinajstić information content (AvgIpc) is 3.23. The maximum absolute atomic E-state index is 5.78. The number of benzene rings is 1. The van der Waals surface area contributed by atoms with Crippen LogP contribution < -0.4 is 9.47 Å². The van der Waals surface area contributed by atoms with Crippen LogP contribution in [0.2, 0.25) is 0 Å². The third kappa shape index (κ3) is 1.97. The van der Waals surface area contributed by atoms with Gasteiger partial charge in [-0.25, -0.2) is 0 Å². The van der Waals surface area contributed by atoms with Gasteiger partial charge in [0, 0.05) is 11.5 Å². The molecule has 2 saturated heterocycles. The topological polar surface area (TPSA) is 34.2 Å². The molecule has 0 radical (unpaired) electrons. The van der Waals surface area contributed by atoms with Gasteiger partial charge >= 0.3 is 0 Å². The van der Waals surface area contributed by atoms with Gasteiger partial charge in [0.05, 0.1) is 26.4 Å². The van der Waals surface area contributed by atoms with E-state index in [9.17, 15) is 0 Å². The van der Waals surface area contributed by atoms with E-state index in [0.29, 0.717) is 6.04 Å². The molecule has 120 valence electrons. The van der Waals surface area contributed by atoms with E-state index in [2.05, 4.69) is 30.1 Å². The van der Waals surface area contributed by atoms with Crippen LogP contribution in [0.15, 0.2) is 18.2 Å². The van der Waals surface area contributed by atoms with Crippen molar-refractivity contribution in [1.82, 2.24) is 4.90 Å². The smallest absolute Gasteiger partial charge is 0.161 e. The van der Waals surface area contributed by atoms with Gasteiger partial charge in [0.15, 0.2) is 11.5 Å². The van der Waals surface area contributed by atoms with E-state index in [4.69, 9.17) is 14.2 Å². The first-order chi connectivity index (χ1) is 10.6. The molecule has 4 nitrogen and oxygen atoms in total. The molecule has 0 N–H and O–H groups in total. The van der Waals surface area contributed by atoms with E-state index in [1.54, 1.807) is 14.2 Å². The molecule has 1 saturated carbocycles. The molecule has 3 aliphatic rings. The van der Waals surface area contributed by atoms with E-state index in [1.165, 1.54) is 24.8 Å². The number of methoxy groups -OCH3 is 2. The Morgan fingerprint density at radius 2 is 1.91 bits per heavy atom. The molecule has 22 heavy (non-hydrogen) atoms. The number of rotatable bonds is 3. The van der Waals surface area contributed by atoms with Crippen LogP contribution in [-0.2, 0) is 10.2 Å².